The molecule has 0 aromatic carbocycles. The molecule has 0 atom stereocenters. The summed E-state index contributed by atoms with van der Waals surface area (Å²) in [4.78, 5) is 0. The van der Waals surface area contributed by atoms with Gasteiger partial charge in [0.05, 0.1) is 26.0 Å². The van der Waals surface area contributed by atoms with Crippen molar-refractivity contribution in [2.45, 2.75) is 20.1 Å². The van der Waals surface area contributed by atoms with Crippen molar-refractivity contribution in [3.63, 3.8) is 0 Å². The second kappa shape index (κ2) is 5.66. The number of rotatable bonds is 6. The molecule has 1 rings (SSSR count). The zero-order chi connectivity index (χ0) is 9.52. The average molecular weight is 185 g/mol. The topological polar surface area (TPSA) is 49.2 Å². The summed E-state index contributed by atoms with van der Waals surface area (Å²) in [5, 5.41) is 7.83. The predicted octanol–water partition coefficient (Wildman–Crippen LogP) is 0.461. The first kappa shape index (κ1) is 10.1. The van der Waals surface area contributed by atoms with Gasteiger partial charge >= 0.3 is 0 Å². The van der Waals surface area contributed by atoms with Crippen LogP contribution in [0.3, 0.4) is 0 Å². The van der Waals surface area contributed by atoms with Crippen LogP contribution in [0.15, 0.2) is 6.20 Å². The van der Waals surface area contributed by atoms with Crippen molar-refractivity contribution >= 4 is 0 Å². The van der Waals surface area contributed by atoms with E-state index >= 15 is 0 Å². The predicted molar refractivity (Wildman–Crippen MR) is 47.2 cm³/mol. The summed E-state index contributed by atoms with van der Waals surface area (Å²) in [6, 6.07) is 0. The van der Waals surface area contributed by atoms with Gasteiger partial charge in [-0.2, -0.15) is 0 Å². The Balaban J connectivity index is 2.31. The van der Waals surface area contributed by atoms with Crippen LogP contribution in [0.2, 0.25) is 0 Å². The number of hydrogen-bond acceptors (Lipinski definition) is 4. The lowest BCUT2D eigenvalue weighted by molar-refractivity contribution is 0.136. The number of nitrogens with zero attached hydrogens (tertiary/aromatic N) is 3. The SMILES string of the molecule is CCOCCn1cc(COC)nn1. The monoisotopic (exact) mass is 185 g/mol. The Labute approximate surface area is 77.6 Å². The number of ether oxygens (including phenoxy) is 2. The van der Waals surface area contributed by atoms with Gasteiger partial charge < -0.3 is 9.47 Å². The Hall–Kier alpha value is -0.940. The Morgan fingerprint density at radius 1 is 1.54 bits per heavy atom. The molecule has 0 radical (unpaired) electrons. The fraction of sp³-hybridized carbons (Fsp3) is 0.750. The van der Waals surface area contributed by atoms with Gasteiger partial charge in [0.25, 0.3) is 0 Å². The first-order chi connectivity index (χ1) is 6.36. The van der Waals surface area contributed by atoms with E-state index in [1.165, 1.54) is 0 Å². The van der Waals surface area contributed by atoms with E-state index in [0.29, 0.717) is 13.2 Å². The molecule has 0 aliphatic rings. The molecule has 0 amide bonds. The highest BCUT2D eigenvalue weighted by Gasteiger charge is 1.98. The number of methoxy groups -OCH3 is 1. The standard InChI is InChI=1S/C8H15N3O2/c1-3-13-5-4-11-6-8(7-12-2)9-10-11/h6H,3-5,7H2,1-2H3. The molecule has 1 aromatic rings. The molecule has 0 spiro atoms. The second-order valence-electron chi connectivity index (χ2n) is 2.60. The van der Waals surface area contributed by atoms with Gasteiger partial charge in [0.2, 0.25) is 0 Å². The Morgan fingerprint density at radius 3 is 3.08 bits per heavy atom. The van der Waals surface area contributed by atoms with Crippen molar-refractivity contribution < 1.29 is 9.47 Å². The first-order valence-corrected chi connectivity index (χ1v) is 4.32. The van der Waals surface area contributed by atoms with Crippen LogP contribution in [0, 0.1) is 0 Å². The minimum absolute atomic E-state index is 0.509. The molecule has 0 aliphatic carbocycles. The maximum absolute atomic E-state index is 5.19. The van der Waals surface area contributed by atoms with Crippen molar-refractivity contribution in [3.05, 3.63) is 11.9 Å². The lowest BCUT2D eigenvalue weighted by atomic mass is 10.5. The molecule has 0 fully saturated rings. The van der Waals surface area contributed by atoms with Crippen LogP contribution in [0.1, 0.15) is 12.6 Å². The first-order valence-electron chi connectivity index (χ1n) is 4.32. The van der Waals surface area contributed by atoms with Crippen molar-refractivity contribution in [1.82, 2.24) is 15.0 Å². The molecule has 1 heterocycles. The molecule has 0 saturated carbocycles. The largest absolute Gasteiger partial charge is 0.380 e. The third-order valence-corrected chi connectivity index (χ3v) is 1.55. The van der Waals surface area contributed by atoms with Gasteiger partial charge in [0, 0.05) is 13.7 Å². The lowest BCUT2D eigenvalue weighted by Crippen LogP contribution is -2.06. The molecular weight excluding hydrogens is 170 g/mol. The van der Waals surface area contributed by atoms with Crippen molar-refractivity contribution in [3.8, 4) is 0 Å². The van der Waals surface area contributed by atoms with Crippen LogP contribution >= 0.6 is 0 Å². The van der Waals surface area contributed by atoms with Crippen molar-refractivity contribution in [1.29, 1.82) is 0 Å². The van der Waals surface area contributed by atoms with E-state index < -0.39 is 0 Å². The van der Waals surface area contributed by atoms with Gasteiger partial charge in [0.1, 0.15) is 5.69 Å². The number of aromatic nitrogens is 3. The summed E-state index contributed by atoms with van der Waals surface area (Å²) in [7, 11) is 1.64. The van der Waals surface area contributed by atoms with E-state index in [1.54, 1.807) is 11.8 Å². The van der Waals surface area contributed by atoms with E-state index in [0.717, 1.165) is 18.8 Å². The van der Waals surface area contributed by atoms with Gasteiger partial charge in [-0.05, 0) is 6.92 Å². The van der Waals surface area contributed by atoms with Gasteiger partial charge in [-0.1, -0.05) is 5.21 Å². The fourth-order valence-corrected chi connectivity index (χ4v) is 0.964. The zero-order valence-electron chi connectivity index (χ0n) is 8.06. The summed E-state index contributed by atoms with van der Waals surface area (Å²) in [6.45, 7) is 4.63. The maximum Gasteiger partial charge on any atom is 0.108 e. The van der Waals surface area contributed by atoms with Crippen LogP contribution in [-0.4, -0.2) is 35.3 Å². The summed E-state index contributed by atoms with van der Waals surface area (Å²) in [5.74, 6) is 0. The van der Waals surface area contributed by atoms with E-state index in [4.69, 9.17) is 9.47 Å². The van der Waals surface area contributed by atoms with Crippen LogP contribution in [0.5, 0.6) is 0 Å². The minimum atomic E-state index is 0.509. The Bertz CT molecular complexity index is 237. The van der Waals surface area contributed by atoms with Crippen molar-refractivity contribution in [2.75, 3.05) is 20.3 Å². The molecule has 0 bridgehead atoms. The summed E-state index contributed by atoms with van der Waals surface area (Å²) in [6.07, 6.45) is 1.86. The van der Waals surface area contributed by atoms with E-state index in [9.17, 15) is 0 Å². The zero-order valence-corrected chi connectivity index (χ0v) is 8.06. The number of hydrogen-bond donors (Lipinski definition) is 0. The lowest BCUT2D eigenvalue weighted by Gasteiger charge is -1.99. The Morgan fingerprint density at radius 2 is 2.38 bits per heavy atom. The highest BCUT2D eigenvalue weighted by Crippen LogP contribution is 1.94. The molecule has 1 aromatic heterocycles. The third-order valence-electron chi connectivity index (χ3n) is 1.55. The second-order valence-corrected chi connectivity index (χ2v) is 2.60. The summed E-state index contributed by atoms with van der Waals surface area (Å²) in [5.41, 5.74) is 0.846. The van der Waals surface area contributed by atoms with Crippen LogP contribution < -0.4 is 0 Å². The van der Waals surface area contributed by atoms with Crippen LogP contribution in [0.4, 0.5) is 0 Å². The average Bonchev–Trinajstić information content (AvgIpc) is 2.54. The molecule has 0 unspecified atom stereocenters. The van der Waals surface area contributed by atoms with Crippen molar-refractivity contribution in [2.24, 2.45) is 0 Å². The highest BCUT2D eigenvalue weighted by atomic mass is 16.5. The fourth-order valence-electron chi connectivity index (χ4n) is 0.964. The maximum atomic E-state index is 5.19. The molecule has 74 valence electrons. The highest BCUT2D eigenvalue weighted by molar-refractivity contribution is 4.89. The van der Waals surface area contributed by atoms with Crippen LogP contribution in [-0.2, 0) is 22.6 Å². The quantitative estimate of drug-likeness (QED) is 0.604. The Kier molecular flexibility index (Phi) is 4.42. The third kappa shape index (κ3) is 3.52. The van der Waals surface area contributed by atoms with Gasteiger partial charge in [-0.3, -0.25) is 0 Å². The summed E-state index contributed by atoms with van der Waals surface area (Å²) < 4.78 is 11.9. The minimum Gasteiger partial charge on any atom is -0.380 e. The molecule has 0 aliphatic heterocycles. The van der Waals surface area contributed by atoms with E-state index in [2.05, 4.69) is 10.3 Å². The normalized spacial score (nSPS) is 10.6. The van der Waals surface area contributed by atoms with Gasteiger partial charge in [-0.25, -0.2) is 4.68 Å². The molecule has 0 N–H and O–H groups in total. The van der Waals surface area contributed by atoms with Gasteiger partial charge in [-0.15, -0.1) is 5.10 Å². The molecule has 13 heavy (non-hydrogen) atoms. The molecule has 0 saturated heterocycles. The molecule has 5 heteroatoms. The smallest absolute Gasteiger partial charge is 0.108 e. The molecular formula is C8H15N3O2. The van der Waals surface area contributed by atoms with E-state index in [1.807, 2.05) is 13.1 Å². The van der Waals surface area contributed by atoms with E-state index in [-0.39, 0.29) is 0 Å². The summed E-state index contributed by atoms with van der Waals surface area (Å²) >= 11 is 0. The van der Waals surface area contributed by atoms with Crippen LogP contribution in [0.25, 0.3) is 0 Å². The molecule has 5 nitrogen and oxygen atoms in total. The van der Waals surface area contributed by atoms with Gasteiger partial charge in [0.15, 0.2) is 0 Å².